The molecule has 0 unspecified atom stereocenters. The van der Waals surface area contributed by atoms with Crippen molar-refractivity contribution in [2.24, 2.45) is 0 Å². The van der Waals surface area contributed by atoms with E-state index in [1.807, 2.05) is 43.4 Å². The van der Waals surface area contributed by atoms with E-state index in [4.69, 9.17) is 9.15 Å². The van der Waals surface area contributed by atoms with E-state index in [1.165, 1.54) is 34.0 Å². The lowest BCUT2D eigenvalue weighted by Crippen LogP contribution is -2.35. The van der Waals surface area contributed by atoms with E-state index in [0.717, 1.165) is 26.0 Å². The molecule has 0 saturated carbocycles. The van der Waals surface area contributed by atoms with Crippen LogP contribution in [0.5, 0.6) is 0 Å². The number of esters is 1. The lowest BCUT2D eigenvalue weighted by molar-refractivity contribution is -0.135. The van der Waals surface area contributed by atoms with Crippen molar-refractivity contribution in [1.29, 1.82) is 0 Å². The van der Waals surface area contributed by atoms with Crippen LogP contribution in [0.15, 0.2) is 28.0 Å². The average molecular weight is 492 g/mol. The Kier molecular flexibility index (Phi) is 6.82. The Bertz CT molecular complexity index is 1180. The van der Waals surface area contributed by atoms with Gasteiger partial charge in [0.15, 0.2) is 11.7 Å². The van der Waals surface area contributed by atoms with E-state index in [2.05, 4.69) is 15.2 Å². The van der Waals surface area contributed by atoms with Gasteiger partial charge in [-0.05, 0) is 23.9 Å². The van der Waals surface area contributed by atoms with Gasteiger partial charge in [0.05, 0.1) is 16.1 Å². The van der Waals surface area contributed by atoms with Crippen LogP contribution in [0.3, 0.4) is 0 Å². The number of carbonyl (C=O) groups is 2. The molecule has 0 saturated heterocycles. The summed E-state index contributed by atoms with van der Waals surface area (Å²) in [6.07, 6.45) is 0.743. The molecule has 1 amide bonds. The fraction of sp³-hybridized carbons (Fsp3) is 0.350. The van der Waals surface area contributed by atoms with Crippen LogP contribution in [-0.4, -0.2) is 59.2 Å². The molecule has 9 nitrogen and oxygen atoms in total. The van der Waals surface area contributed by atoms with Crippen molar-refractivity contribution in [3.63, 3.8) is 0 Å². The fourth-order valence-corrected chi connectivity index (χ4v) is 5.52. The second kappa shape index (κ2) is 9.76. The van der Waals surface area contributed by atoms with Crippen molar-refractivity contribution in [3.05, 3.63) is 34.3 Å². The first-order chi connectivity index (χ1) is 15.4. The monoisotopic (exact) mass is 491 g/mol. The van der Waals surface area contributed by atoms with Gasteiger partial charge in [-0.1, -0.05) is 24.3 Å². The van der Waals surface area contributed by atoms with E-state index < -0.39 is 5.97 Å². The summed E-state index contributed by atoms with van der Waals surface area (Å²) in [5, 5.41) is 10.9. The van der Waals surface area contributed by atoms with Crippen LogP contribution in [0.1, 0.15) is 28.9 Å². The van der Waals surface area contributed by atoms with Gasteiger partial charge < -0.3 is 19.0 Å². The third kappa shape index (κ3) is 4.97. The summed E-state index contributed by atoms with van der Waals surface area (Å²) < 4.78 is 11.9. The molecule has 0 radical (unpaired) electrons. The maximum absolute atomic E-state index is 12.7. The second-order valence-electron chi connectivity index (χ2n) is 7.04. The highest BCUT2D eigenvalue weighted by atomic mass is 32.1. The van der Waals surface area contributed by atoms with Crippen molar-refractivity contribution < 1.29 is 18.7 Å². The molecule has 0 bridgehead atoms. The number of thiazole rings is 1. The summed E-state index contributed by atoms with van der Waals surface area (Å²) in [4.78, 5) is 35.2. The highest BCUT2D eigenvalue weighted by Crippen LogP contribution is 2.34. The normalized spacial score (nSPS) is 11.1. The molecule has 12 heteroatoms. The number of carbonyl (C=O) groups excluding carboxylic acids is 2. The van der Waals surface area contributed by atoms with Gasteiger partial charge in [0.1, 0.15) is 9.71 Å². The number of hydrogen-bond acceptors (Lipinski definition) is 11. The molecule has 32 heavy (non-hydrogen) atoms. The van der Waals surface area contributed by atoms with Crippen LogP contribution in [-0.2, 0) is 16.1 Å². The van der Waals surface area contributed by atoms with Crippen LogP contribution in [0.25, 0.3) is 20.3 Å². The van der Waals surface area contributed by atoms with Gasteiger partial charge >= 0.3 is 5.97 Å². The highest BCUT2D eigenvalue weighted by molar-refractivity contribution is 7.29. The molecular formula is C20H21N5O4S3. The number of aromatic nitrogens is 3. The zero-order chi connectivity index (χ0) is 22.7. The first kappa shape index (κ1) is 22.4. The standard InChI is InChI=1S/C20H21N5O4S3/c1-4-7-25(10-15-22-23-17(29-15)12-6-5-8-30-12)16(26)11-28-19(27)14-9-13-18(31-14)21-20(32-13)24(2)3/h5-6,8-9H,4,7,10-11H2,1-3H3. The number of anilines is 1. The summed E-state index contributed by atoms with van der Waals surface area (Å²) in [6.45, 7) is 2.25. The molecular weight excluding hydrogens is 470 g/mol. The molecule has 0 aliphatic heterocycles. The van der Waals surface area contributed by atoms with Gasteiger partial charge in [-0.3, -0.25) is 4.79 Å². The Labute approximate surface area is 196 Å². The Morgan fingerprint density at radius 1 is 1.22 bits per heavy atom. The molecule has 0 aromatic carbocycles. The van der Waals surface area contributed by atoms with Crippen molar-refractivity contribution in [1.82, 2.24) is 20.1 Å². The molecule has 4 aromatic rings. The molecule has 0 spiro atoms. The number of nitrogens with zero attached hydrogens (tertiary/aromatic N) is 5. The first-order valence-electron chi connectivity index (χ1n) is 9.83. The van der Waals surface area contributed by atoms with Crippen molar-refractivity contribution in [3.8, 4) is 10.8 Å². The summed E-state index contributed by atoms with van der Waals surface area (Å²) in [5.74, 6) is -0.0894. The van der Waals surface area contributed by atoms with Crippen LogP contribution in [0.4, 0.5) is 5.13 Å². The highest BCUT2D eigenvalue weighted by Gasteiger charge is 2.21. The van der Waals surface area contributed by atoms with Gasteiger partial charge in [0.2, 0.25) is 5.89 Å². The number of hydrogen-bond donors (Lipinski definition) is 0. The molecule has 4 heterocycles. The lowest BCUT2D eigenvalue weighted by atomic mass is 10.4. The van der Waals surface area contributed by atoms with E-state index in [-0.39, 0.29) is 19.1 Å². The smallest absolute Gasteiger partial charge is 0.348 e. The number of ether oxygens (including phenoxy) is 1. The van der Waals surface area contributed by atoms with Gasteiger partial charge in [-0.2, -0.15) is 0 Å². The van der Waals surface area contributed by atoms with E-state index >= 15 is 0 Å². The summed E-state index contributed by atoms with van der Waals surface area (Å²) >= 11 is 4.26. The summed E-state index contributed by atoms with van der Waals surface area (Å²) in [6, 6.07) is 5.55. The minimum Gasteiger partial charge on any atom is -0.451 e. The SMILES string of the molecule is CCCN(Cc1nnc(-c2cccs2)o1)C(=O)COC(=O)c1cc2sc(N(C)C)nc2s1. The molecule has 4 aromatic heterocycles. The zero-order valence-electron chi connectivity index (χ0n) is 17.7. The zero-order valence-corrected chi connectivity index (χ0v) is 20.2. The minimum atomic E-state index is -0.533. The quantitative estimate of drug-likeness (QED) is 0.322. The molecule has 0 atom stereocenters. The van der Waals surface area contributed by atoms with Gasteiger partial charge in [-0.15, -0.1) is 32.9 Å². The second-order valence-corrected chi connectivity index (χ2v) is 10.0. The van der Waals surface area contributed by atoms with Gasteiger partial charge in [-0.25, -0.2) is 9.78 Å². The minimum absolute atomic E-state index is 0.161. The molecule has 168 valence electrons. The average Bonchev–Trinajstić information content (AvgIpc) is 3.54. The van der Waals surface area contributed by atoms with Gasteiger partial charge in [0.25, 0.3) is 11.8 Å². The molecule has 0 aliphatic rings. The summed E-state index contributed by atoms with van der Waals surface area (Å²) in [5.41, 5.74) is 0. The lowest BCUT2D eigenvalue weighted by Gasteiger charge is -2.19. The third-order valence-electron chi connectivity index (χ3n) is 4.36. The predicted molar refractivity (Wildman–Crippen MR) is 125 cm³/mol. The van der Waals surface area contributed by atoms with Gasteiger partial charge in [0, 0.05) is 20.6 Å². The largest absolute Gasteiger partial charge is 0.451 e. The van der Waals surface area contributed by atoms with Crippen molar-refractivity contribution >= 4 is 60.5 Å². The van der Waals surface area contributed by atoms with Crippen LogP contribution in [0, 0.1) is 0 Å². The Balaban J connectivity index is 1.36. The van der Waals surface area contributed by atoms with E-state index in [0.29, 0.717) is 23.2 Å². The van der Waals surface area contributed by atoms with Crippen LogP contribution >= 0.6 is 34.0 Å². The number of fused-ring (bicyclic) bond motifs is 1. The molecule has 4 rings (SSSR count). The van der Waals surface area contributed by atoms with Crippen LogP contribution in [0.2, 0.25) is 0 Å². The van der Waals surface area contributed by atoms with Crippen molar-refractivity contribution in [2.45, 2.75) is 19.9 Å². The van der Waals surface area contributed by atoms with Crippen LogP contribution < -0.4 is 4.90 Å². The Morgan fingerprint density at radius 3 is 2.75 bits per heavy atom. The fourth-order valence-electron chi connectivity index (χ4n) is 2.85. The maximum atomic E-state index is 12.7. The Morgan fingerprint density at radius 2 is 2.06 bits per heavy atom. The number of thiophene rings is 2. The predicted octanol–water partition coefficient (Wildman–Crippen LogP) is 4.13. The first-order valence-corrected chi connectivity index (χ1v) is 12.3. The molecule has 0 aliphatic carbocycles. The van der Waals surface area contributed by atoms with Crippen molar-refractivity contribution in [2.75, 3.05) is 32.1 Å². The molecule has 0 fully saturated rings. The summed E-state index contributed by atoms with van der Waals surface area (Å²) in [7, 11) is 3.84. The molecule has 0 N–H and O–H groups in total. The topological polar surface area (TPSA) is 102 Å². The van der Waals surface area contributed by atoms with E-state index in [1.54, 1.807) is 11.0 Å². The third-order valence-corrected chi connectivity index (χ3v) is 7.53. The number of rotatable bonds is 9. The maximum Gasteiger partial charge on any atom is 0.348 e. The number of amides is 1. The van der Waals surface area contributed by atoms with E-state index in [9.17, 15) is 9.59 Å². The Hall–Kier alpha value is -2.83.